The molecular formula is C17H17FO2. The van der Waals surface area contributed by atoms with Crippen molar-refractivity contribution in [1.82, 2.24) is 0 Å². The number of hydrogen-bond acceptors (Lipinski definition) is 2. The van der Waals surface area contributed by atoms with E-state index in [-0.39, 0.29) is 11.6 Å². The second-order valence-corrected chi connectivity index (χ2v) is 5.05. The zero-order chi connectivity index (χ0) is 14.7. The molecule has 2 rings (SSSR count). The smallest absolute Gasteiger partial charge is 0.188 e. The molecule has 2 aromatic carbocycles. The summed E-state index contributed by atoms with van der Waals surface area (Å²) in [6, 6.07) is 11.6. The Morgan fingerprint density at radius 3 is 2.35 bits per heavy atom. The summed E-state index contributed by atoms with van der Waals surface area (Å²) in [6.07, 6.45) is 0. The Balaban J connectivity index is 2.59. The van der Waals surface area contributed by atoms with Gasteiger partial charge in [-0.1, -0.05) is 44.2 Å². The van der Waals surface area contributed by atoms with Gasteiger partial charge >= 0.3 is 0 Å². The lowest BCUT2D eigenvalue weighted by atomic mass is 9.92. The molecule has 2 aromatic rings. The topological polar surface area (TPSA) is 37.3 Å². The third-order valence-corrected chi connectivity index (χ3v) is 3.31. The summed E-state index contributed by atoms with van der Waals surface area (Å²) in [4.78, 5) is 11.8. The number of hydrogen-bond donors (Lipinski definition) is 1. The summed E-state index contributed by atoms with van der Waals surface area (Å²) in [6.45, 7) is 3.60. The molecule has 0 atom stereocenters. The van der Waals surface area contributed by atoms with Crippen LogP contribution in [0.25, 0.3) is 11.1 Å². The van der Waals surface area contributed by atoms with E-state index in [4.69, 9.17) is 5.11 Å². The molecule has 104 valence electrons. The molecule has 0 fully saturated rings. The molecule has 0 saturated carbocycles. The highest BCUT2D eigenvalue weighted by Crippen LogP contribution is 2.28. The third kappa shape index (κ3) is 2.94. The summed E-state index contributed by atoms with van der Waals surface area (Å²) in [5, 5.41) is 9.07. The van der Waals surface area contributed by atoms with E-state index in [1.165, 1.54) is 12.1 Å². The Morgan fingerprint density at radius 2 is 1.80 bits per heavy atom. The largest absolute Gasteiger partial charge is 0.388 e. The zero-order valence-corrected chi connectivity index (χ0v) is 11.6. The number of benzene rings is 2. The molecule has 20 heavy (non-hydrogen) atoms. The van der Waals surface area contributed by atoms with Gasteiger partial charge in [0.1, 0.15) is 12.4 Å². The first-order valence-corrected chi connectivity index (χ1v) is 6.57. The maximum Gasteiger partial charge on any atom is 0.188 e. The molecule has 0 aliphatic rings. The number of rotatable bonds is 4. The summed E-state index contributed by atoms with van der Waals surface area (Å²) in [5.74, 6) is -0.323. The lowest BCUT2D eigenvalue weighted by Crippen LogP contribution is -2.07. The predicted octanol–water partition coefficient (Wildman–Crippen LogP) is 3.79. The van der Waals surface area contributed by atoms with E-state index in [1.807, 2.05) is 12.1 Å². The van der Waals surface area contributed by atoms with Crippen LogP contribution >= 0.6 is 0 Å². The van der Waals surface area contributed by atoms with Gasteiger partial charge in [0.25, 0.3) is 0 Å². The fourth-order valence-electron chi connectivity index (χ4n) is 2.12. The van der Waals surface area contributed by atoms with Crippen molar-refractivity contribution in [2.45, 2.75) is 19.8 Å². The van der Waals surface area contributed by atoms with E-state index in [9.17, 15) is 9.18 Å². The van der Waals surface area contributed by atoms with Crippen molar-refractivity contribution in [2.24, 2.45) is 0 Å². The van der Waals surface area contributed by atoms with Gasteiger partial charge in [-0.05, 0) is 34.7 Å². The van der Waals surface area contributed by atoms with Crippen LogP contribution in [0, 0.1) is 5.82 Å². The molecule has 0 bridgehead atoms. The highest BCUT2D eigenvalue weighted by atomic mass is 19.1. The number of Topliss-reactive ketones (excluding diaryl/α,β-unsaturated/α-hetero) is 1. The standard InChI is InChI=1S/C17H17FO2/c1-11(2)13-5-8-15(17(20)10-19)16(9-13)12-3-6-14(18)7-4-12/h3-9,11,19H,10H2,1-2H3. The molecule has 0 amide bonds. The minimum atomic E-state index is -0.533. The maximum atomic E-state index is 13.0. The first-order chi connectivity index (χ1) is 9.52. The van der Waals surface area contributed by atoms with Gasteiger partial charge < -0.3 is 5.11 Å². The molecule has 1 N–H and O–H groups in total. The lowest BCUT2D eigenvalue weighted by Gasteiger charge is -2.13. The monoisotopic (exact) mass is 272 g/mol. The maximum absolute atomic E-state index is 13.0. The number of carbonyl (C=O) groups excluding carboxylic acids is 1. The first kappa shape index (κ1) is 14.4. The van der Waals surface area contributed by atoms with Crippen molar-refractivity contribution in [3.05, 3.63) is 59.4 Å². The molecule has 0 heterocycles. The van der Waals surface area contributed by atoms with Crippen LogP contribution in [0.15, 0.2) is 42.5 Å². The van der Waals surface area contributed by atoms with Crippen LogP contribution in [0.3, 0.4) is 0 Å². The van der Waals surface area contributed by atoms with E-state index in [0.717, 1.165) is 16.7 Å². The number of ketones is 1. The molecular weight excluding hydrogens is 255 g/mol. The van der Waals surface area contributed by atoms with E-state index in [1.54, 1.807) is 18.2 Å². The van der Waals surface area contributed by atoms with Crippen molar-refractivity contribution in [3.63, 3.8) is 0 Å². The van der Waals surface area contributed by atoms with Crippen LogP contribution in [0.1, 0.15) is 35.7 Å². The third-order valence-electron chi connectivity index (χ3n) is 3.31. The fraction of sp³-hybridized carbons (Fsp3) is 0.235. The summed E-state index contributed by atoms with van der Waals surface area (Å²) >= 11 is 0. The molecule has 0 aliphatic heterocycles. The van der Waals surface area contributed by atoms with Crippen LogP contribution in [0.4, 0.5) is 4.39 Å². The van der Waals surface area contributed by atoms with Crippen LogP contribution in [0.5, 0.6) is 0 Å². The second kappa shape index (κ2) is 5.97. The lowest BCUT2D eigenvalue weighted by molar-refractivity contribution is 0.0904. The van der Waals surface area contributed by atoms with E-state index in [0.29, 0.717) is 11.5 Å². The SMILES string of the molecule is CC(C)c1ccc(C(=O)CO)c(-c2ccc(F)cc2)c1. The number of aliphatic hydroxyl groups is 1. The van der Waals surface area contributed by atoms with Crippen LogP contribution in [-0.4, -0.2) is 17.5 Å². The van der Waals surface area contributed by atoms with Gasteiger partial charge in [0.2, 0.25) is 0 Å². The fourth-order valence-corrected chi connectivity index (χ4v) is 2.12. The second-order valence-electron chi connectivity index (χ2n) is 5.05. The van der Waals surface area contributed by atoms with Crippen LogP contribution in [-0.2, 0) is 0 Å². The summed E-state index contributed by atoms with van der Waals surface area (Å²) in [7, 11) is 0. The molecule has 0 aliphatic carbocycles. The highest BCUT2D eigenvalue weighted by Gasteiger charge is 2.14. The van der Waals surface area contributed by atoms with Gasteiger partial charge in [-0.2, -0.15) is 0 Å². The Hall–Kier alpha value is -2.00. The quantitative estimate of drug-likeness (QED) is 0.860. The summed E-state index contributed by atoms with van der Waals surface area (Å²) < 4.78 is 13.0. The Labute approximate surface area is 117 Å². The predicted molar refractivity (Wildman–Crippen MR) is 77.3 cm³/mol. The zero-order valence-electron chi connectivity index (χ0n) is 11.6. The first-order valence-electron chi connectivity index (χ1n) is 6.57. The van der Waals surface area contributed by atoms with Gasteiger partial charge in [0.05, 0.1) is 0 Å². The Bertz CT molecular complexity index is 615. The molecule has 0 saturated heterocycles. The van der Waals surface area contributed by atoms with Gasteiger partial charge in [-0.3, -0.25) is 4.79 Å². The molecule has 0 aromatic heterocycles. The van der Waals surface area contributed by atoms with Crippen LogP contribution in [0.2, 0.25) is 0 Å². The minimum Gasteiger partial charge on any atom is -0.388 e. The van der Waals surface area contributed by atoms with Crippen LogP contribution < -0.4 is 0 Å². The van der Waals surface area contributed by atoms with E-state index >= 15 is 0 Å². The van der Waals surface area contributed by atoms with Gasteiger partial charge in [0.15, 0.2) is 5.78 Å². The Morgan fingerprint density at radius 1 is 1.15 bits per heavy atom. The minimum absolute atomic E-state index is 0.316. The van der Waals surface area contributed by atoms with Crippen molar-refractivity contribution >= 4 is 5.78 Å². The number of aliphatic hydroxyl groups excluding tert-OH is 1. The Kier molecular flexibility index (Phi) is 4.30. The average Bonchev–Trinajstić information content (AvgIpc) is 2.46. The number of halogens is 1. The normalized spacial score (nSPS) is 10.8. The van der Waals surface area contributed by atoms with Gasteiger partial charge in [0, 0.05) is 5.56 Å². The number of carbonyl (C=O) groups is 1. The van der Waals surface area contributed by atoms with Gasteiger partial charge in [-0.25, -0.2) is 4.39 Å². The molecule has 3 heteroatoms. The molecule has 0 radical (unpaired) electrons. The van der Waals surface area contributed by atoms with Crippen molar-refractivity contribution in [1.29, 1.82) is 0 Å². The summed E-state index contributed by atoms with van der Waals surface area (Å²) in [5.41, 5.74) is 3.06. The van der Waals surface area contributed by atoms with Crippen molar-refractivity contribution in [3.8, 4) is 11.1 Å². The molecule has 2 nitrogen and oxygen atoms in total. The molecule has 0 unspecified atom stereocenters. The van der Waals surface area contributed by atoms with Crippen molar-refractivity contribution < 1.29 is 14.3 Å². The highest BCUT2D eigenvalue weighted by molar-refractivity contribution is 6.03. The van der Waals surface area contributed by atoms with E-state index < -0.39 is 6.61 Å². The molecule has 0 spiro atoms. The van der Waals surface area contributed by atoms with Gasteiger partial charge in [-0.15, -0.1) is 0 Å². The van der Waals surface area contributed by atoms with Crippen molar-refractivity contribution in [2.75, 3.05) is 6.61 Å². The van der Waals surface area contributed by atoms with E-state index in [2.05, 4.69) is 13.8 Å². The average molecular weight is 272 g/mol.